The quantitative estimate of drug-likeness (QED) is 0.563. The summed E-state index contributed by atoms with van der Waals surface area (Å²) in [7, 11) is -3.50. The summed E-state index contributed by atoms with van der Waals surface area (Å²) >= 11 is 6.02. The van der Waals surface area contributed by atoms with Gasteiger partial charge in [-0.25, -0.2) is 8.42 Å². The van der Waals surface area contributed by atoms with Crippen molar-refractivity contribution in [3.05, 3.63) is 76.2 Å². The number of rotatable bonds is 7. The first-order valence-corrected chi connectivity index (χ1v) is 13.0. The van der Waals surface area contributed by atoms with Crippen LogP contribution in [0.2, 0.25) is 5.02 Å². The van der Waals surface area contributed by atoms with Gasteiger partial charge < -0.3 is 4.90 Å². The number of sulfonamides is 1. The molecule has 1 aliphatic carbocycles. The van der Waals surface area contributed by atoms with Crippen LogP contribution in [0.5, 0.6) is 0 Å². The second-order valence-electron chi connectivity index (χ2n) is 8.64. The number of carbonyl (C=O) groups excluding carboxylic acids is 1. The minimum absolute atomic E-state index is 0.0252. The molecule has 1 heterocycles. The summed E-state index contributed by atoms with van der Waals surface area (Å²) in [5.41, 5.74) is 1.91. The molecule has 1 saturated heterocycles. The van der Waals surface area contributed by atoms with Gasteiger partial charge in [-0.3, -0.25) is 4.79 Å². The van der Waals surface area contributed by atoms with Crippen LogP contribution >= 0.6 is 11.6 Å². The first-order valence-electron chi connectivity index (χ1n) is 11.2. The minimum atomic E-state index is -3.50. The molecule has 0 radical (unpaired) electrons. The average Bonchev–Trinajstić information content (AvgIpc) is 3.64. The van der Waals surface area contributed by atoms with E-state index in [1.165, 1.54) is 9.71 Å². The van der Waals surface area contributed by atoms with Crippen molar-refractivity contribution in [2.75, 3.05) is 13.1 Å². The highest BCUT2D eigenvalue weighted by atomic mass is 35.5. The summed E-state index contributed by atoms with van der Waals surface area (Å²) in [4.78, 5) is 15.5. The van der Waals surface area contributed by atoms with E-state index in [4.69, 9.17) is 11.6 Å². The molecule has 2 fully saturated rings. The normalized spacial score (nSPS) is 19.2. The van der Waals surface area contributed by atoms with Gasteiger partial charge in [0, 0.05) is 35.5 Å². The standard InChI is InChI=1S/C25H29ClN2O3S/c1-19(21-7-9-23(26)10-8-21)28(24-11-12-24)25(29)22-13-16-27(17-14-22)32(30,31)18-15-20-5-3-2-4-6-20/h2-10,15,18-19,22,24H,11-14,16-17H2,1H3/b18-15+. The zero-order chi connectivity index (χ0) is 22.7. The zero-order valence-corrected chi connectivity index (χ0v) is 19.8. The molecule has 0 N–H and O–H groups in total. The Bertz CT molecular complexity index is 1060. The third-order valence-corrected chi connectivity index (χ3v) is 8.18. The molecule has 4 rings (SSSR count). The van der Waals surface area contributed by atoms with Crippen molar-refractivity contribution >= 4 is 33.6 Å². The Morgan fingerprint density at radius 1 is 1.03 bits per heavy atom. The van der Waals surface area contributed by atoms with E-state index in [9.17, 15) is 13.2 Å². The average molecular weight is 473 g/mol. The molecule has 2 aromatic carbocycles. The number of amides is 1. The van der Waals surface area contributed by atoms with Gasteiger partial charge in [0.25, 0.3) is 0 Å². The van der Waals surface area contributed by atoms with Gasteiger partial charge in [-0.1, -0.05) is 54.1 Å². The van der Waals surface area contributed by atoms with Crippen LogP contribution in [-0.4, -0.2) is 42.7 Å². The second kappa shape index (κ2) is 9.77. The van der Waals surface area contributed by atoms with Gasteiger partial charge >= 0.3 is 0 Å². The van der Waals surface area contributed by atoms with Crippen LogP contribution in [0.15, 0.2) is 60.0 Å². The fraction of sp³-hybridized carbons (Fsp3) is 0.400. The number of hydrogen-bond donors (Lipinski definition) is 0. The molecule has 1 aliphatic heterocycles. The smallest absolute Gasteiger partial charge is 0.236 e. The number of benzene rings is 2. The van der Waals surface area contributed by atoms with Crippen LogP contribution in [0.25, 0.3) is 6.08 Å². The lowest BCUT2D eigenvalue weighted by molar-refractivity contribution is -0.139. The van der Waals surface area contributed by atoms with Crippen molar-refractivity contribution in [2.24, 2.45) is 5.92 Å². The van der Waals surface area contributed by atoms with E-state index < -0.39 is 10.0 Å². The predicted octanol–water partition coefficient (Wildman–Crippen LogP) is 5.10. The van der Waals surface area contributed by atoms with Gasteiger partial charge in [0.15, 0.2) is 0 Å². The van der Waals surface area contributed by atoms with Crippen LogP contribution in [-0.2, 0) is 14.8 Å². The summed E-state index contributed by atoms with van der Waals surface area (Å²) in [6.07, 6.45) is 4.78. The SMILES string of the molecule is CC(c1ccc(Cl)cc1)N(C(=O)C1CCN(S(=O)(=O)/C=C/c2ccccc2)CC1)C1CC1. The largest absolute Gasteiger partial charge is 0.333 e. The first kappa shape index (κ1) is 23.0. The van der Waals surface area contributed by atoms with E-state index in [0.29, 0.717) is 31.0 Å². The van der Waals surface area contributed by atoms with Gasteiger partial charge in [-0.15, -0.1) is 0 Å². The Balaban J connectivity index is 1.39. The van der Waals surface area contributed by atoms with E-state index in [0.717, 1.165) is 24.0 Å². The molecule has 7 heteroatoms. The third kappa shape index (κ3) is 5.42. The fourth-order valence-corrected chi connectivity index (χ4v) is 5.67. The van der Waals surface area contributed by atoms with Gasteiger partial charge in [-0.05, 0) is 61.9 Å². The molecule has 32 heavy (non-hydrogen) atoms. The van der Waals surface area contributed by atoms with Crippen LogP contribution in [0, 0.1) is 5.92 Å². The lowest BCUT2D eigenvalue weighted by Gasteiger charge is -2.36. The Hall–Kier alpha value is -2.15. The van der Waals surface area contributed by atoms with Crippen molar-refractivity contribution in [2.45, 2.75) is 44.7 Å². The molecule has 0 bridgehead atoms. The van der Waals surface area contributed by atoms with E-state index in [1.807, 2.05) is 59.5 Å². The van der Waals surface area contributed by atoms with E-state index >= 15 is 0 Å². The van der Waals surface area contributed by atoms with Crippen LogP contribution in [0.3, 0.4) is 0 Å². The number of piperidine rings is 1. The Kier molecular flexibility index (Phi) is 7.03. The predicted molar refractivity (Wildman–Crippen MR) is 128 cm³/mol. The van der Waals surface area contributed by atoms with E-state index in [1.54, 1.807) is 6.08 Å². The molecular weight excluding hydrogens is 444 g/mol. The summed E-state index contributed by atoms with van der Waals surface area (Å²) in [6, 6.07) is 17.3. The lowest BCUT2D eigenvalue weighted by atomic mass is 9.95. The lowest BCUT2D eigenvalue weighted by Crippen LogP contribution is -2.45. The summed E-state index contributed by atoms with van der Waals surface area (Å²) in [5, 5.41) is 1.95. The second-order valence-corrected chi connectivity index (χ2v) is 10.9. The first-order chi connectivity index (χ1) is 15.3. The molecule has 2 aromatic rings. The summed E-state index contributed by atoms with van der Waals surface area (Å²) < 4.78 is 27.0. The van der Waals surface area contributed by atoms with Crippen molar-refractivity contribution in [1.82, 2.24) is 9.21 Å². The van der Waals surface area contributed by atoms with E-state index in [2.05, 4.69) is 6.92 Å². The summed E-state index contributed by atoms with van der Waals surface area (Å²) in [5.74, 6) is 0.00160. The molecule has 0 aromatic heterocycles. The molecular formula is C25H29ClN2O3S. The van der Waals surface area contributed by atoms with Crippen LogP contribution in [0.1, 0.15) is 49.8 Å². The monoisotopic (exact) mass is 472 g/mol. The molecule has 0 spiro atoms. The molecule has 1 saturated carbocycles. The Morgan fingerprint density at radius 2 is 1.66 bits per heavy atom. The highest BCUT2D eigenvalue weighted by molar-refractivity contribution is 7.92. The molecule has 2 aliphatic rings. The third-order valence-electron chi connectivity index (χ3n) is 6.36. The van der Waals surface area contributed by atoms with Crippen molar-refractivity contribution in [3.63, 3.8) is 0 Å². The van der Waals surface area contributed by atoms with Crippen molar-refractivity contribution in [1.29, 1.82) is 0 Å². The van der Waals surface area contributed by atoms with Crippen molar-refractivity contribution in [3.8, 4) is 0 Å². The highest BCUT2D eigenvalue weighted by Gasteiger charge is 2.40. The van der Waals surface area contributed by atoms with E-state index in [-0.39, 0.29) is 23.9 Å². The number of carbonyl (C=O) groups is 1. The van der Waals surface area contributed by atoms with Gasteiger partial charge in [-0.2, -0.15) is 4.31 Å². The molecule has 1 unspecified atom stereocenters. The van der Waals surface area contributed by atoms with Gasteiger partial charge in [0.05, 0.1) is 6.04 Å². The maximum Gasteiger partial charge on any atom is 0.236 e. The molecule has 1 amide bonds. The number of hydrogen-bond acceptors (Lipinski definition) is 3. The number of halogens is 1. The van der Waals surface area contributed by atoms with Crippen LogP contribution < -0.4 is 0 Å². The number of nitrogens with zero attached hydrogens (tertiary/aromatic N) is 2. The molecule has 1 atom stereocenters. The topological polar surface area (TPSA) is 57.7 Å². The van der Waals surface area contributed by atoms with Gasteiger partial charge in [0.2, 0.25) is 15.9 Å². The maximum absolute atomic E-state index is 13.4. The summed E-state index contributed by atoms with van der Waals surface area (Å²) in [6.45, 7) is 2.80. The molecule has 5 nitrogen and oxygen atoms in total. The zero-order valence-electron chi connectivity index (χ0n) is 18.2. The minimum Gasteiger partial charge on any atom is -0.333 e. The molecule has 170 valence electrons. The van der Waals surface area contributed by atoms with Gasteiger partial charge in [0.1, 0.15) is 0 Å². The Morgan fingerprint density at radius 3 is 2.25 bits per heavy atom. The fourth-order valence-electron chi connectivity index (χ4n) is 4.32. The highest BCUT2D eigenvalue weighted by Crippen LogP contribution is 2.37. The Labute approximate surface area is 195 Å². The van der Waals surface area contributed by atoms with Crippen molar-refractivity contribution < 1.29 is 13.2 Å². The van der Waals surface area contributed by atoms with Crippen LogP contribution in [0.4, 0.5) is 0 Å². The maximum atomic E-state index is 13.4.